The lowest BCUT2D eigenvalue weighted by Gasteiger charge is -2.40. The molecule has 1 rings (SSSR count). The molecule has 12 nitrogen and oxygen atoms in total. The average Bonchev–Trinajstić information content (AvgIpc) is 3.58. The first-order chi connectivity index (χ1) is 40.6. The number of aliphatic hydroxyl groups excluding tert-OH is 2. The fourth-order valence-corrected chi connectivity index (χ4v) is 11.7. The number of aliphatic hydroxyl groups is 2. The van der Waals surface area contributed by atoms with Crippen molar-refractivity contribution in [1.29, 1.82) is 0 Å². The predicted molar refractivity (Wildman–Crippen MR) is 341 cm³/mol. The molecule has 0 aromatic carbocycles. The minimum Gasteiger partial charge on any atom is -0.479 e. The van der Waals surface area contributed by atoms with Crippen LogP contribution in [-0.4, -0.2) is 89.2 Å². The van der Waals surface area contributed by atoms with Crippen LogP contribution in [0.4, 0.5) is 0 Å². The van der Waals surface area contributed by atoms with E-state index in [0.717, 1.165) is 57.8 Å². The maximum atomic E-state index is 13.3. The molecule has 1 fully saturated rings. The van der Waals surface area contributed by atoms with E-state index < -0.39 is 67.3 Å². The van der Waals surface area contributed by atoms with Crippen LogP contribution in [0, 0.1) is 0 Å². The van der Waals surface area contributed by atoms with Crippen molar-refractivity contribution in [2.75, 3.05) is 13.2 Å². The summed E-state index contributed by atoms with van der Waals surface area (Å²) in [4.78, 5) is 51.5. The normalized spacial score (nSPS) is 17.4. The number of carboxylic acid groups (broad SMARTS) is 1. The summed E-state index contributed by atoms with van der Waals surface area (Å²) >= 11 is 0. The lowest BCUT2D eigenvalue weighted by molar-refractivity contribution is -0.301. The van der Waals surface area contributed by atoms with Crippen LogP contribution >= 0.6 is 0 Å². The van der Waals surface area contributed by atoms with Crippen LogP contribution < -0.4 is 0 Å². The molecule has 3 N–H and O–H groups in total. The van der Waals surface area contributed by atoms with Crippen LogP contribution in [0.15, 0.2) is 0 Å². The number of hydrogen-bond donors (Lipinski definition) is 3. The maximum absolute atomic E-state index is 13.3. The Morgan fingerprint density at radius 1 is 0.349 bits per heavy atom. The third kappa shape index (κ3) is 49.4. The lowest BCUT2D eigenvalue weighted by Crippen LogP contribution is -2.61. The highest BCUT2D eigenvalue weighted by Crippen LogP contribution is 2.27. The highest BCUT2D eigenvalue weighted by molar-refractivity contribution is 5.74. The Morgan fingerprint density at radius 2 is 0.614 bits per heavy atom. The number of unbranched alkanes of at least 4 members (excludes halogenated alkanes) is 50. The van der Waals surface area contributed by atoms with E-state index in [1.54, 1.807) is 0 Å². The molecule has 490 valence electrons. The van der Waals surface area contributed by atoms with E-state index in [-0.39, 0.29) is 25.9 Å². The minimum absolute atomic E-state index is 0.0713. The van der Waals surface area contributed by atoms with Crippen molar-refractivity contribution >= 4 is 23.9 Å². The second-order valence-electron chi connectivity index (χ2n) is 25.3. The van der Waals surface area contributed by atoms with Gasteiger partial charge in [-0.3, -0.25) is 14.4 Å². The van der Waals surface area contributed by atoms with E-state index in [0.29, 0.717) is 19.3 Å². The zero-order valence-electron chi connectivity index (χ0n) is 54.5. The molecule has 12 heteroatoms. The fraction of sp³-hybridized carbons (Fsp3) is 0.944. The van der Waals surface area contributed by atoms with Gasteiger partial charge >= 0.3 is 23.9 Å². The van der Waals surface area contributed by atoms with Crippen molar-refractivity contribution in [3.8, 4) is 0 Å². The predicted octanol–water partition coefficient (Wildman–Crippen LogP) is 19.8. The zero-order valence-corrected chi connectivity index (χ0v) is 54.5. The number of carboxylic acids is 1. The number of esters is 3. The van der Waals surface area contributed by atoms with Crippen LogP contribution in [0.25, 0.3) is 0 Å². The molecule has 0 saturated carbocycles. The van der Waals surface area contributed by atoms with E-state index in [9.17, 15) is 34.5 Å². The van der Waals surface area contributed by atoms with E-state index in [4.69, 9.17) is 23.7 Å². The maximum Gasteiger partial charge on any atom is 0.335 e. The average molecular weight is 1180 g/mol. The number of carbonyl (C=O) groups is 4. The van der Waals surface area contributed by atoms with E-state index in [2.05, 4.69) is 20.8 Å². The standard InChI is InChI=1S/C71H134O12/c1-4-7-10-13-16-19-22-25-28-30-32-34-37-39-42-45-48-51-54-57-63(72)79-60-62(81-64(73)58-55-52-49-46-43-41-38-35-33-31-29-26-23-20-17-14-11-8-5-2)61-80-71-69(67(76)66(75)68(83-71)70(77)78)82-65(74)59-56-53-50-47-44-40-36-27-24-21-18-15-12-9-6-3/h62,66-69,71,75-76H,4-61H2,1-3H3,(H,77,78). The third-order valence-corrected chi connectivity index (χ3v) is 17.2. The van der Waals surface area contributed by atoms with Crippen molar-refractivity contribution in [2.24, 2.45) is 0 Å². The van der Waals surface area contributed by atoms with Gasteiger partial charge in [0.2, 0.25) is 0 Å². The summed E-state index contributed by atoms with van der Waals surface area (Å²) in [6.45, 7) is 6.10. The smallest absolute Gasteiger partial charge is 0.335 e. The molecule has 0 bridgehead atoms. The van der Waals surface area contributed by atoms with Gasteiger partial charge in [0.1, 0.15) is 18.8 Å². The van der Waals surface area contributed by atoms with Crippen molar-refractivity contribution in [1.82, 2.24) is 0 Å². The first-order valence-electron chi connectivity index (χ1n) is 36.0. The second-order valence-corrected chi connectivity index (χ2v) is 25.3. The van der Waals surface area contributed by atoms with E-state index in [1.807, 2.05) is 0 Å². The van der Waals surface area contributed by atoms with Gasteiger partial charge in [-0.05, 0) is 19.3 Å². The Bertz CT molecular complexity index is 1440. The molecule has 83 heavy (non-hydrogen) atoms. The van der Waals surface area contributed by atoms with Gasteiger partial charge in [0.25, 0.3) is 0 Å². The largest absolute Gasteiger partial charge is 0.479 e. The molecule has 0 amide bonds. The third-order valence-electron chi connectivity index (χ3n) is 17.2. The molecular formula is C71H134O12. The summed E-state index contributed by atoms with van der Waals surface area (Å²) in [5, 5.41) is 31.7. The van der Waals surface area contributed by atoms with Gasteiger partial charge < -0.3 is 39.0 Å². The molecule has 1 saturated heterocycles. The quantitative estimate of drug-likeness (QED) is 0.0299. The summed E-state index contributed by atoms with van der Waals surface area (Å²) in [6, 6.07) is 0. The number of carbonyl (C=O) groups excluding carboxylic acids is 3. The number of hydrogen-bond acceptors (Lipinski definition) is 11. The Kier molecular flexibility index (Phi) is 56.9. The van der Waals surface area contributed by atoms with Gasteiger partial charge in [0.05, 0.1) is 6.61 Å². The number of rotatable bonds is 64. The molecule has 6 atom stereocenters. The first kappa shape index (κ1) is 78.7. The summed E-state index contributed by atoms with van der Waals surface area (Å²) in [5.41, 5.74) is 0. The minimum atomic E-state index is -1.89. The van der Waals surface area contributed by atoms with Gasteiger partial charge in [-0.25, -0.2) is 4.79 Å². The molecular weight excluding hydrogens is 1040 g/mol. The number of aliphatic carboxylic acids is 1. The monoisotopic (exact) mass is 1180 g/mol. The molecule has 0 aliphatic carbocycles. The van der Waals surface area contributed by atoms with Crippen LogP contribution in [0.2, 0.25) is 0 Å². The van der Waals surface area contributed by atoms with Gasteiger partial charge in [-0.1, -0.05) is 342 Å². The molecule has 1 aliphatic rings. The van der Waals surface area contributed by atoms with Gasteiger partial charge in [0.15, 0.2) is 24.6 Å². The van der Waals surface area contributed by atoms with Crippen molar-refractivity contribution in [2.45, 2.75) is 417 Å². The number of ether oxygens (including phenoxy) is 5. The molecule has 1 aliphatic heterocycles. The molecule has 1 heterocycles. The Hall–Kier alpha value is -2.28. The van der Waals surface area contributed by atoms with E-state index >= 15 is 0 Å². The molecule has 0 aromatic rings. The second kappa shape index (κ2) is 60.0. The molecule has 0 radical (unpaired) electrons. The highest BCUT2D eigenvalue weighted by Gasteiger charge is 2.50. The van der Waals surface area contributed by atoms with Crippen molar-refractivity contribution < 1.29 is 58.2 Å². The first-order valence-corrected chi connectivity index (χ1v) is 36.0. The van der Waals surface area contributed by atoms with Crippen molar-refractivity contribution in [3.63, 3.8) is 0 Å². The summed E-state index contributed by atoms with van der Waals surface area (Å²) in [5.74, 6) is -3.05. The fourth-order valence-electron chi connectivity index (χ4n) is 11.7. The van der Waals surface area contributed by atoms with Gasteiger partial charge in [0, 0.05) is 19.3 Å². The Labute approximate surface area is 510 Å². The molecule has 6 unspecified atom stereocenters. The van der Waals surface area contributed by atoms with Gasteiger partial charge in [-0.2, -0.15) is 0 Å². The topological polar surface area (TPSA) is 175 Å². The van der Waals surface area contributed by atoms with Crippen LogP contribution in [0.3, 0.4) is 0 Å². The lowest BCUT2D eigenvalue weighted by atomic mass is 9.98. The van der Waals surface area contributed by atoms with Crippen LogP contribution in [0.5, 0.6) is 0 Å². The van der Waals surface area contributed by atoms with Gasteiger partial charge in [-0.15, -0.1) is 0 Å². The molecule has 0 spiro atoms. The SMILES string of the molecule is CCCCCCCCCCCCCCCCCCCCCC(=O)OCC(COC1OC(C(=O)O)C(O)C(O)C1OC(=O)CCCCCCCCCCCCCCCCC)OC(=O)CCCCCCCCCCCCCCCCCCCCC. The zero-order chi connectivity index (χ0) is 60.3. The van der Waals surface area contributed by atoms with Crippen LogP contribution in [-0.2, 0) is 42.9 Å². The van der Waals surface area contributed by atoms with Crippen LogP contribution in [0.1, 0.15) is 380 Å². The summed E-state index contributed by atoms with van der Waals surface area (Å²) < 4.78 is 28.7. The molecule has 0 aromatic heterocycles. The summed E-state index contributed by atoms with van der Waals surface area (Å²) in [7, 11) is 0. The highest BCUT2D eigenvalue weighted by atomic mass is 16.7. The van der Waals surface area contributed by atoms with Crippen molar-refractivity contribution in [3.05, 3.63) is 0 Å². The Morgan fingerprint density at radius 3 is 0.904 bits per heavy atom. The summed E-state index contributed by atoms with van der Waals surface area (Å²) in [6.07, 6.45) is 56.3. The van der Waals surface area contributed by atoms with E-state index in [1.165, 1.54) is 263 Å². The Balaban J connectivity index is 2.59.